The predicted molar refractivity (Wildman–Crippen MR) is 201 cm³/mol. The van der Waals surface area contributed by atoms with Gasteiger partial charge in [-0.3, -0.25) is 9.36 Å². The van der Waals surface area contributed by atoms with E-state index in [1.165, 1.54) is 81.6 Å². The van der Waals surface area contributed by atoms with E-state index >= 15 is 0 Å². The summed E-state index contributed by atoms with van der Waals surface area (Å²) in [7, 11) is 0. The Morgan fingerprint density at radius 3 is 1.80 bits per heavy atom. The average molecular weight is 736 g/mol. The quantitative estimate of drug-likeness (QED) is 0.0669. The number of aryl methyl sites for hydroxylation is 3. The van der Waals surface area contributed by atoms with Gasteiger partial charge in [0.1, 0.15) is 0 Å². The second-order valence-electron chi connectivity index (χ2n) is 13.9. The van der Waals surface area contributed by atoms with Crippen LogP contribution in [0.2, 0.25) is 0 Å². The van der Waals surface area contributed by atoms with Crippen LogP contribution in [0.3, 0.4) is 0 Å². The lowest BCUT2D eigenvalue weighted by Crippen LogP contribution is -2.42. The predicted octanol–water partition coefficient (Wildman–Crippen LogP) is 9.32. The number of benzene rings is 1. The summed E-state index contributed by atoms with van der Waals surface area (Å²) in [5.41, 5.74) is 9.74. The largest absolute Gasteiger partial charge is 0.352 e. The molecule has 2 aliphatic heterocycles. The first-order valence-corrected chi connectivity index (χ1v) is 17.8. The van der Waals surface area contributed by atoms with Crippen molar-refractivity contribution in [2.75, 3.05) is 0 Å². The molecule has 0 saturated carbocycles. The van der Waals surface area contributed by atoms with Gasteiger partial charge >= 0.3 is 5.69 Å². The highest BCUT2D eigenvalue weighted by molar-refractivity contribution is 14.0. The molecule has 3 rings (SSSR count). The Labute approximate surface area is 289 Å². The molecular weight excluding hydrogens is 673 g/mol. The number of rotatable bonds is 21. The van der Waals surface area contributed by atoms with Crippen LogP contribution in [0.1, 0.15) is 148 Å². The van der Waals surface area contributed by atoms with Crippen molar-refractivity contribution in [1.29, 1.82) is 0 Å². The first-order valence-electron chi connectivity index (χ1n) is 17.8. The van der Waals surface area contributed by atoms with E-state index in [9.17, 15) is 9.59 Å². The van der Waals surface area contributed by atoms with Crippen LogP contribution >= 0.6 is 24.0 Å². The van der Waals surface area contributed by atoms with E-state index in [4.69, 9.17) is 10.7 Å². The molecule has 0 aliphatic carbocycles. The first kappa shape index (κ1) is 39.4. The third-order valence-electron chi connectivity index (χ3n) is 9.59. The molecule has 0 radical (unpaired) electrons. The molecule has 254 valence electrons. The van der Waals surface area contributed by atoms with Crippen LogP contribution in [-0.4, -0.2) is 24.6 Å². The Morgan fingerprint density at radius 2 is 1.22 bits per heavy atom. The van der Waals surface area contributed by atoms with Gasteiger partial charge in [0.05, 0.1) is 11.0 Å². The molecule has 2 N–H and O–H groups in total. The maximum atomic E-state index is 13.7. The average Bonchev–Trinajstić information content (AvgIpc) is 2.97. The van der Waals surface area contributed by atoms with Gasteiger partial charge in [0.15, 0.2) is 11.5 Å². The molecule has 45 heavy (non-hydrogen) atoms. The van der Waals surface area contributed by atoms with E-state index in [1.807, 2.05) is 10.6 Å². The highest BCUT2D eigenvalue weighted by Crippen LogP contribution is 2.27. The van der Waals surface area contributed by atoms with Crippen molar-refractivity contribution in [2.24, 2.45) is 11.7 Å². The number of unbranched alkanes of at least 4 members (excludes halogenated alkanes) is 12. The maximum Gasteiger partial charge on any atom is 0.352 e. The minimum Gasteiger partial charge on any atom is -0.325 e. The van der Waals surface area contributed by atoms with Crippen molar-refractivity contribution >= 4 is 35.0 Å². The Morgan fingerprint density at radius 1 is 0.711 bits per heavy atom. The standard InChI is InChI=1S/C37H61N5O2.HI/c1-7-9-11-12-13-14-15-16-17-18-19-20-22-30(37(5,6)38)23-21-25-42-35(43)33-34(40-36(42)44)41(24-10-8-2)32-27-29(4)28(3)26-31(32)39-33;/h26-27,30H,7-25,38H2,1-6H3;1H. The minimum absolute atomic E-state index is 0. The topological polar surface area (TPSA) is 95.8 Å². The van der Waals surface area contributed by atoms with Gasteiger partial charge < -0.3 is 10.3 Å². The molecule has 0 amide bonds. The smallest absolute Gasteiger partial charge is 0.325 e. The number of aromatic nitrogens is 4. The summed E-state index contributed by atoms with van der Waals surface area (Å²) >= 11 is 0. The van der Waals surface area contributed by atoms with Gasteiger partial charge in [-0.05, 0) is 82.6 Å². The van der Waals surface area contributed by atoms with E-state index in [0.717, 1.165) is 47.8 Å². The number of hydrogen-bond acceptors (Lipinski definition) is 5. The number of halogens is 1. The molecule has 2 aliphatic rings. The van der Waals surface area contributed by atoms with Crippen molar-refractivity contribution in [3.8, 4) is 11.5 Å². The number of nitrogens with two attached hydrogens (primary N) is 1. The third kappa shape index (κ3) is 11.7. The molecule has 0 saturated heterocycles. The molecule has 1 aromatic carbocycles. The third-order valence-corrected chi connectivity index (χ3v) is 9.59. The summed E-state index contributed by atoms with van der Waals surface area (Å²) in [6, 6.07) is 4.13. The van der Waals surface area contributed by atoms with Crippen LogP contribution in [0.15, 0.2) is 21.7 Å². The first-order chi connectivity index (χ1) is 21.1. The minimum atomic E-state index is -0.484. The van der Waals surface area contributed by atoms with Crippen LogP contribution in [0.4, 0.5) is 0 Å². The van der Waals surface area contributed by atoms with Gasteiger partial charge in [-0.2, -0.15) is 4.98 Å². The summed E-state index contributed by atoms with van der Waals surface area (Å²) in [5, 5.41) is 0. The van der Waals surface area contributed by atoms with Crippen LogP contribution in [0, 0.1) is 19.8 Å². The van der Waals surface area contributed by atoms with Gasteiger partial charge in [-0.15, -0.1) is 24.0 Å². The van der Waals surface area contributed by atoms with Crippen LogP contribution in [0.25, 0.3) is 22.6 Å². The molecule has 2 heterocycles. The second kappa shape index (κ2) is 19.8. The van der Waals surface area contributed by atoms with Crippen molar-refractivity contribution in [1.82, 2.24) is 19.1 Å². The molecule has 0 fully saturated rings. The van der Waals surface area contributed by atoms with Gasteiger partial charge in [0.2, 0.25) is 0 Å². The number of nitrogens with zero attached hydrogens (tertiary/aromatic N) is 4. The molecule has 0 aromatic heterocycles. The SMILES string of the molecule is CCCCCCCCCCCCCCC(CCCn1c(=O)nc2n(CCCC)c3cc(C)c(C)cc3nc-2c1=O)C(C)(C)N.I. The molecule has 0 spiro atoms. The lowest BCUT2D eigenvalue weighted by Gasteiger charge is -2.31. The van der Waals surface area contributed by atoms with Crippen molar-refractivity contribution < 1.29 is 0 Å². The van der Waals surface area contributed by atoms with E-state index < -0.39 is 5.69 Å². The van der Waals surface area contributed by atoms with Crippen LogP contribution in [-0.2, 0) is 13.1 Å². The zero-order valence-electron chi connectivity index (χ0n) is 29.3. The Bertz CT molecular complexity index is 1390. The monoisotopic (exact) mass is 735 g/mol. The molecule has 0 bridgehead atoms. The highest BCUT2D eigenvalue weighted by atomic mass is 127. The van der Waals surface area contributed by atoms with E-state index in [0.29, 0.717) is 31.3 Å². The van der Waals surface area contributed by atoms with Gasteiger partial charge in [0, 0.05) is 18.6 Å². The molecule has 8 heteroatoms. The fourth-order valence-corrected chi connectivity index (χ4v) is 6.48. The summed E-state index contributed by atoms with van der Waals surface area (Å²) < 4.78 is 3.30. The summed E-state index contributed by atoms with van der Waals surface area (Å²) in [6.45, 7) is 13.8. The number of fused-ring (bicyclic) bond motifs is 2. The number of hydrogen-bond donors (Lipinski definition) is 1. The lowest BCUT2D eigenvalue weighted by molar-refractivity contribution is 0.264. The normalized spacial score (nSPS) is 12.6. The fraction of sp³-hybridized carbons (Fsp3) is 0.730. The van der Waals surface area contributed by atoms with Gasteiger partial charge in [0.25, 0.3) is 5.56 Å². The summed E-state index contributed by atoms with van der Waals surface area (Å²) in [5.74, 6) is 0.739. The Balaban J connectivity index is 0.00000705. The lowest BCUT2D eigenvalue weighted by atomic mass is 9.81. The second-order valence-corrected chi connectivity index (χ2v) is 13.9. The van der Waals surface area contributed by atoms with E-state index in [-0.39, 0.29) is 40.8 Å². The van der Waals surface area contributed by atoms with Gasteiger partial charge in [-0.25, -0.2) is 9.78 Å². The molecule has 1 atom stereocenters. The summed E-state index contributed by atoms with van der Waals surface area (Å²) in [4.78, 5) is 36.0. The zero-order chi connectivity index (χ0) is 32.1. The molecule has 1 unspecified atom stereocenters. The van der Waals surface area contributed by atoms with E-state index in [1.54, 1.807) is 0 Å². The highest BCUT2D eigenvalue weighted by Gasteiger charge is 2.25. The zero-order valence-corrected chi connectivity index (χ0v) is 31.6. The van der Waals surface area contributed by atoms with Gasteiger partial charge in [-0.1, -0.05) is 97.3 Å². The van der Waals surface area contributed by atoms with Crippen LogP contribution < -0.4 is 17.0 Å². The van der Waals surface area contributed by atoms with Crippen molar-refractivity contribution in [3.05, 3.63) is 44.1 Å². The Hall–Kier alpha value is -1.81. The maximum absolute atomic E-state index is 13.7. The van der Waals surface area contributed by atoms with E-state index in [2.05, 4.69) is 52.6 Å². The molecule has 7 nitrogen and oxygen atoms in total. The molecular formula is C37H62IN5O2. The molecule has 1 aromatic rings. The summed E-state index contributed by atoms with van der Waals surface area (Å²) in [6.07, 6.45) is 20.7. The fourth-order valence-electron chi connectivity index (χ4n) is 6.48. The Kier molecular flexibility index (Phi) is 17.3. The van der Waals surface area contributed by atoms with Crippen LogP contribution in [0.5, 0.6) is 0 Å². The van der Waals surface area contributed by atoms with Crippen molar-refractivity contribution in [3.63, 3.8) is 0 Å². The van der Waals surface area contributed by atoms with Crippen molar-refractivity contribution in [2.45, 2.75) is 169 Å².